The number of hydrogen-bond donors (Lipinski definition) is 3. The van der Waals surface area contributed by atoms with Crippen molar-refractivity contribution in [2.75, 3.05) is 0 Å². The molecule has 1 aromatic rings. The van der Waals surface area contributed by atoms with Crippen LogP contribution < -0.4 is 4.72 Å². The van der Waals surface area contributed by atoms with Gasteiger partial charge in [0.25, 0.3) is 10.0 Å². The number of aliphatic carboxylic acids is 1. The fraction of sp³-hybridized carbons (Fsp3) is 0.500. The Morgan fingerprint density at radius 3 is 2.56 bits per heavy atom. The number of H-pyrrole nitrogens is 1. The standard InChI is InChI=1S/C8H13N3O4S/c1-5(2)7(8(12)13)11-16(14,15)6-3-4-9-10-6/h3-5,7,11H,1-2H3,(H,9,10)(H,12,13). The van der Waals surface area contributed by atoms with Crippen molar-refractivity contribution in [1.29, 1.82) is 0 Å². The molecular formula is C8H13N3O4S. The molecule has 90 valence electrons. The number of aromatic amines is 1. The molecule has 0 fully saturated rings. The molecule has 1 atom stereocenters. The van der Waals surface area contributed by atoms with E-state index in [1.54, 1.807) is 13.8 Å². The molecule has 7 nitrogen and oxygen atoms in total. The van der Waals surface area contributed by atoms with Gasteiger partial charge >= 0.3 is 5.97 Å². The summed E-state index contributed by atoms with van der Waals surface area (Å²) in [7, 11) is -3.86. The molecule has 0 amide bonds. The summed E-state index contributed by atoms with van der Waals surface area (Å²) < 4.78 is 25.4. The third-order valence-electron chi connectivity index (χ3n) is 1.98. The second-order valence-electron chi connectivity index (χ2n) is 3.60. The van der Waals surface area contributed by atoms with Crippen LogP contribution in [0.15, 0.2) is 17.3 Å². The van der Waals surface area contributed by atoms with Crippen LogP contribution in [0, 0.1) is 5.92 Å². The van der Waals surface area contributed by atoms with Gasteiger partial charge in [0, 0.05) is 0 Å². The lowest BCUT2D eigenvalue weighted by molar-refractivity contribution is -0.140. The Morgan fingerprint density at radius 1 is 1.56 bits per heavy atom. The van der Waals surface area contributed by atoms with Crippen LogP contribution in [0.5, 0.6) is 0 Å². The van der Waals surface area contributed by atoms with Crippen molar-refractivity contribution < 1.29 is 18.3 Å². The highest BCUT2D eigenvalue weighted by Crippen LogP contribution is 2.08. The van der Waals surface area contributed by atoms with Gasteiger partial charge < -0.3 is 5.11 Å². The normalized spacial score (nSPS) is 13.9. The van der Waals surface area contributed by atoms with E-state index < -0.39 is 22.0 Å². The smallest absolute Gasteiger partial charge is 0.322 e. The van der Waals surface area contributed by atoms with Gasteiger partial charge in [0.05, 0.1) is 6.20 Å². The molecule has 0 aromatic carbocycles. The SMILES string of the molecule is CC(C)C(NS(=O)(=O)c1ccn[nH]1)C(=O)O. The van der Waals surface area contributed by atoms with Gasteiger partial charge in [-0.05, 0) is 12.0 Å². The fourth-order valence-electron chi connectivity index (χ4n) is 1.10. The number of carboxylic acid groups (broad SMARTS) is 1. The maximum absolute atomic E-state index is 11.7. The molecule has 16 heavy (non-hydrogen) atoms. The topological polar surface area (TPSA) is 112 Å². The Hall–Kier alpha value is -1.41. The lowest BCUT2D eigenvalue weighted by Crippen LogP contribution is -2.44. The van der Waals surface area contributed by atoms with Crippen LogP contribution in [0.3, 0.4) is 0 Å². The molecule has 8 heteroatoms. The highest BCUT2D eigenvalue weighted by atomic mass is 32.2. The summed E-state index contributed by atoms with van der Waals surface area (Å²) in [5.41, 5.74) is 0. The molecule has 1 aromatic heterocycles. The van der Waals surface area contributed by atoms with Crippen molar-refractivity contribution in [2.45, 2.75) is 24.9 Å². The summed E-state index contributed by atoms with van der Waals surface area (Å²) in [6.45, 7) is 3.24. The molecule has 0 aliphatic carbocycles. The fourth-order valence-corrected chi connectivity index (χ4v) is 2.34. The summed E-state index contributed by atoms with van der Waals surface area (Å²) in [6.07, 6.45) is 1.28. The molecule has 3 N–H and O–H groups in total. The first-order chi connectivity index (χ1) is 7.34. The van der Waals surface area contributed by atoms with Gasteiger partial charge in [-0.25, -0.2) is 8.42 Å². The highest BCUT2D eigenvalue weighted by molar-refractivity contribution is 7.89. The zero-order chi connectivity index (χ0) is 12.3. The summed E-state index contributed by atoms with van der Waals surface area (Å²) in [5, 5.41) is 14.5. The number of nitrogens with one attached hydrogen (secondary N) is 2. The van der Waals surface area contributed by atoms with E-state index in [1.807, 2.05) is 0 Å². The monoisotopic (exact) mass is 247 g/mol. The average Bonchev–Trinajstić information content (AvgIpc) is 2.66. The van der Waals surface area contributed by atoms with Crippen LogP contribution in [0.1, 0.15) is 13.8 Å². The Labute approximate surface area is 92.9 Å². The quantitative estimate of drug-likeness (QED) is 0.667. The van der Waals surface area contributed by atoms with Crippen LogP contribution in [0.2, 0.25) is 0 Å². The number of aromatic nitrogens is 2. The molecule has 0 aliphatic heterocycles. The van der Waals surface area contributed by atoms with Crippen LogP contribution in [-0.4, -0.2) is 35.7 Å². The van der Waals surface area contributed by atoms with Gasteiger partial charge in [-0.1, -0.05) is 13.8 Å². The number of carboxylic acids is 1. The van der Waals surface area contributed by atoms with Crippen molar-refractivity contribution in [1.82, 2.24) is 14.9 Å². The predicted octanol–water partition coefficient (Wildman–Crippen LogP) is -0.203. The summed E-state index contributed by atoms with van der Waals surface area (Å²) in [4.78, 5) is 10.8. The van der Waals surface area contributed by atoms with Gasteiger partial charge in [-0.2, -0.15) is 9.82 Å². The first-order valence-corrected chi connectivity index (χ1v) is 6.07. The maximum atomic E-state index is 11.7. The summed E-state index contributed by atoms with van der Waals surface area (Å²) >= 11 is 0. The van der Waals surface area contributed by atoms with Gasteiger partial charge in [0.1, 0.15) is 6.04 Å². The van der Waals surface area contributed by atoms with Crippen molar-refractivity contribution in [3.63, 3.8) is 0 Å². The van der Waals surface area contributed by atoms with Crippen molar-refractivity contribution in [3.05, 3.63) is 12.3 Å². The van der Waals surface area contributed by atoms with E-state index in [1.165, 1.54) is 12.3 Å². The molecule has 0 saturated heterocycles. The minimum absolute atomic E-state index is 0.153. The summed E-state index contributed by atoms with van der Waals surface area (Å²) in [5.74, 6) is -1.56. The molecular weight excluding hydrogens is 234 g/mol. The molecule has 0 radical (unpaired) electrons. The van der Waals surface area contributed by atoms with E-state index in [9.17, 15) is 13.2 Å². The van der Waals surface area contributed by atoms with Gasteiger partial charge in [-0.3, -0.25) is 9.89 Å². The Balaban J connectivity index is 2.92. The molecule has 0 aliphatic rings. The van der Waals surface area contributed by atoms with Gasteiger partial charge in [0.15, 0.2) is 5.03 Å². The number of hydrogen-bond acceptors (Lipinski definition) is 4. The van der Waals surface area contributed by atoms with Crippen LogP contribution >= 0.6 is 0 Å². The van der Waals surface area contributed by atoms with E-state index in [2.05, 4.69) is 14.9 Å². The third kappa shape index (κ3) is 2.80. The highest BCUT2D eigenvalue weighted by Gasteiger charge is 2.28. The number of rotatable bonds is 5. The largest absolute Gasteiger partial charge is 0.480 e. The lowest BCUT2D eigenvalue weighted by atomic mass is 10.1. The van der Waals surface area contributed by atoms with E-state index in [0.29, 0.717) is 0 Å². The van der Waals surface area contributed by atoms with E-state index >= 15 is 0 Å². The van der Waals surface area contributed by atoms with Crippen LogP contribution in [-0.2, 0) is 14.8 Å². The van der Waals surface area contributed by atoms with Crippen molar-refractivity contribution in [2.24, 2.45) is 5.92 Å². The third-order valence-corrected chi connectivity index (χ3v) is 3.35. The predicted molar refractivity (Wildman–Crippen MR) is 55.2 cm³/mol. The second kappa shape index (κ2) is 4.62. The first kappa shape index (κ1) is 12.7. The second-order valence-corrected chi connectivity index (χ2v) is 5.28. The molecule has 0 bridgehead atoms. The minimum Gasteiger partial charge on any atom is -0.480 e. The zero-order valence-electron chi connectivity index (χ0n) is 8.84. The molecule has 1 rings (SSSR count). The number of carbonyl (C=O) groups is 1. The molecule has 1 unspecified atom stereocenters. The van der Waals surface area contributed by atoms with Gasteiger partial charge in [-0.15, -0.1) is 0 Å². The Morgan fingerprint density at radius 2 is 2.19 bits per heavy atom. The Kier molecular flexibility index (Phi) is 3.66. The number of nitrogens with zero attached hydrogens (tertiary/aromatic N) is 1. The van der Waals surface area contributed by atoms with Crippen LogP contribution in [0.4, 0.5) is 0 Å². The van der Waals surface area contributed by atoms with Crippen LogP contribution in [0.25, 0.3) is 0 Å². The van der Waals surface area contributed by atoms with Gasteiger partial charge in [0.2, 0.25) is 0 Å². The van der Waals surface area contributed by atoms with Crippen molar-refractivity contribution >= 4 is 16.0 Å². The average molecular weight is 247 g/mol. The van der Waals surface area contributed by atoms with Crippen molar-refractivity contribution in [3.8, 4) is 0 Å². The molecule has 0 saturated carbocycles. The van der Waals surface area contributed by atoms with E-state index in [-0.39, 0.29) is 10.9 Å². The Bertz CT molecular complexity index is 452. The van der Waals surface area contributed by atoms with E-state index in [0.717, 1.165) is 0 Å². The number of sulfonamides is 1. The molecule has 0 spiro atoms. The summed E-state index contributed by atoms with van der Waals surface area (Å²) in [6, 6.07) is 0.0926. The zero-order valence-corrected chi connectivity index (χ0v) is 9.65. The van der Waals surface area contributed by atoms with E-state index in [4.69, 9.17) is 5.11 Å². The molecule has 1 heterocycles. The minimum atomic E-state index is -3.86. The first-order valence-electron chi connectivity index (χ1n) is 4.59. The maximum Gasteiger partial charge on any atom is 0.322 e. The lowest BCUT2D eigenvalue weighted by Gasteiger charge is -2.16.